The number of aromatic nitrogens is 2. The van der Waals surface area contributed by atoms with Crippen molar-refractivity contribution in [2.45, 2.75) is 13.0 Å². The van der Waals surface area contributed by atoms with Gasteiger partial charge in [0.2, 0.25) is 0 Å². The van der Waals surface area contributed by atoms with E-state index in [1.165, 1.54) is 17.5 Å². The predicted octanol–water partition coefficient (Wildman–Crippen LogP) is 2.87. The van der Waals surface area contributed by atoms with Crippen LogP contribution in [0.25, 0.3) is 16.6 Å². The van der Waals surface area contributed by atoms with Gasteiger partial charge in [-0.25, -0.2) is 4.98 Å². The zero-order chi connectivity index (χ0) is 15.5. The first kappa shape index (κ1) is 15.0. The molecule has 0 spiro atoms. The summed E-state index contributed by atoms with van der Waals surface area (Å²) in [5.74, 6) is 0. The Kier molecular flexibility index (Phi) is 4.41. The Hall–Kier alpha value is -1.91. The molecule has 0 aliphatic heterocycles. The molecule has 0 saturated carbocycles. The first-order chi connectivity index (χ1) is 10.6. The standard InChI is InChI=1S/C18H24N4/c1-20(2)11-7-12-21(3)14-16-18-10-6-13-22(18)17-9-5-4-8-15(17)19-16/h4-6,8-10,13H,7,11-12,14H2,1-3H3. The van der Waals surface area contributed by atoms with Crippen LogP contribution in [0.4, 0.5) is 0 Å². The summed E-state index contributed by atoms with van der Waals surface area (Å²) >= 11 is 0. The number of para-hydroxylation sites is 2. The van der Waals surface area contributed by atoms with E-state index in [0.717, 1.165) is 30.8 Å². The van der Waals surface area contributed by atoms with Crippen LogP contribution in [0.15, 0.2) is 42.6 Å². The molecule has 4 nitrogen and oxygen atoms in total. The quantitative estimate of drug-likeness (QED) is 0.699. The largest absolute Gasteiger partial charge is 0.313 e. The van der Waals surface area contributed by atoms with E-state index in [9.17, 15) is 0 Å². The summed E-state index contributed by atoms with van der Waals surface area (Å²) in [6, 6.07) is 12.6. The number of rotatable bonds is 6. The molecule has 1 aromatic carbocycles. The fourth-order valence-corrected chi connectivity index (χ4v) is 2.90. The molecular weight excluding hydrogens is 272 g/mol. The van der Waals surface area contributed by atoms with Gasteiger partial charge < -0.3 is 14.2 Å². The third-order valence-corrected chi connectivity index (χ3v) is 4.01. The minimum absolute atomic E-state index is 0.881. The maximum absolute atomic E-state index is 4.89. The average Bonchev–Trinajstić information content (AvgIpc) is 2.97. The van der Waals surface area contributed by atoms with Crippen LogP contribution in [0, 0.1) is 0 Å². The highest BCUT2D eigenvalue weighted by molar-refractivity contribution is 5.79. The Morgan fingerprint density at radius 1 is 0.955 bits per heavy atom. The van der Waals surface area contributed by atoms with E-state index in [0.29, 0.717) is 0 Å². The highest BCUT2D eigenvalue weighted by atomic mass is 15.1. The molecule has 0 bridgehead atoms. The van der Waals surface area contributed by atoms with E-state index < -0.39 is 0 Å². The van der Waals surface area contributed by atoms with Gasteiger partial charge in [-0.2, -0.15) is 0 Å². The molecule has 22 heavy (non-hydrogen) atoms. The molecule has 0 aliphatic rings. The van der Waals surface area contributed by atoms with Crippen LogP contribution in [0.2, 0.25) is 0 Å². The highest BCUT2D eigenvalue weighted by Crippen LogP contribution is 2.19. The molecule has 0 aliphatic carbocycles. The Bertz CT molecular complexity index is 760. The lowest BCUT2D eigenvalue weighted by Crippen LogP contribution is -2.24. The zero-order valence-electron chi connectivity index (χ0n) is 13.7. The number of hydrogen-bond acceptors (Lipinski definition) is 3. The van der Waals surface area contributed by atoms with Gasteiger partial charge in [0.1, 0.15) is 0 Å². The van der Waals surface area contributed by atoms with Crippen molar-refractivity contribution in [1.29, 1.82) is 0 Å². The third kappa shape index (κ3) is 3.13. The van der Waals surface area contributed by atoms with Crippen LogP contribution < -0.4 is 0 Å². The summed E-state index contributed by atoms with van der Waals surface area (Å²) < 4.78 is 2.24. The summed E-state index contributed by atoms with van der Waals surface area (Å²) in [6.07, 6.45) is 3.29. The zero-order valence-corrected chi connectivity index (χ0v) is 13.7. The number of fused-ring (bicyclic) bond motifs is 3. The van der Waals surface area contributed by atoms with Gasteiger partial charge in [-0.3, -0.25) is 0 Å². The maximum Gasteiger partial charge on any atom is 0.0874 e. The summed E-state index contributed by atoms with van der Waals surface area (Å²) in [5.41, 5.74) is 4.58. The molecule has 3 aromatic rings. The van der Waals surface area contributed by atoms with Crippen molar-refractivity contribution in [2.24, 2.45) is 0 Å². The first-order valence-corrected chi connectivity index (χ1v) is 7.83. The van der Waals surface area contributed by atoms with Crippen LogP contribution in [0.5, 0.6) is 0 Å². The topological polar surface area (TPSA) is 23.8 Å². The van der Waals surface area contributed by atoms with Crippen molar-refractivity contribution >= 4 is 16.6 Å². The van der Waals surface area contributed by atoms with Crippen LogP contribution in [0.3, 0.4) is 0 Å². The third-order valence-electron chi connectivity index (χ3n) is 4.01. The second-order valence-electron chi connectivity index (χ2n) is 6.21. The Balaban J connectivity index is 1.84. The molecular formula is C18H24N4. The summed E-state index contributed by atoms with van der Waals surface area (Å²) in [7, 11) is 6.41. The molecule has 0 radical (unpaired) electrons. The summed E-state index contributed by atoms with van der Waals surface area (Å²) in [6.45, 7) is 3.08. The van der Waals surface area contributed by atoms with Crippen molar-refractivity contribution in [3.05, 3.63) is 48.3 Å². The normalized spacial score (nSPS) is 12.0. The molecule has 116 valence electrons. The summed E-state index contributed by atoms with van der Waals surface area (Å²) in [4.78, 5) is 9.47. The van der Waals surface area contributed by atoms with Crippen molar-refractivity contribution in [3.63, 3.8) is 0 Å². The predicted molar refractivity (Wildman–Crippen MR) is 92.2 cm³/mol. The van der Waals surface area contributed by atoms with Gasteiger partial charge in [-0.15, -0.1) is 0 Å². The minimum atomic E-state index is 0.881. The number of hydrogen-bond donors (Lipinski definition) is 0. The van der Waals surface area contributed by atoms with Crippen molar-refractivity contribution in [2.75, 3.05) is 34.2 Å². The van der Waals surface area contributed by atoms with Crippen molar-refractivity contribution < 1.29 is 0 Å². The molecule has 0 N–H and O–H groups in total. The molecule has 0 saturated heterocycles. The van der Waals surface area contributed by atoms with Gasteiger partial charge in [-0.1, -0.05) is 12.1 Å². The van der Waals surface area contributed by atoms with Gasteiger partial charge in [0, 0.05) is 12.7 Å². The Morgan fingerprint density at radius 2 is 1.73 bits per heavy atom. The van der Waals surface area contributed by atoms with Gasteiger partial charge in [0.05, 0.1) is 22.2 Å². The molecule has 2 heterocycles. The van der Waals surface area contributed by atoms with Crippen LogP contribution in [0.1, 0.15) is 12.1 Å². The van der Waals surface area contributed by atoms with E-state index >= 15 is 0 Å². The van der Waals surface area contributed by atoms with Crippen molar-refractivity contribution in [1.82, 2.24) is 19.2 Å². The molecule has 2 aromatic heterocycles. The lowest BCUT2D eigenvalue weighted by Gasteiger charge is -2.18. The molecule has 3 rings (SSSR count). The van der Waals surface area contributed by atoms with Gasteiger partial charge in [0.15, 0.2) is 0 Å². The van der Waals surface area contributed by atoms with Crippen LogP contribution >= 0.6 is 0 Å². The van der Waals surface area contributed by atoms with E-state index in [2.05, 4.69) is 77.9 Å². The monoisotopic (exact) mass is 296 g/mol. The second-order valence-corrected chi connectivity index (χ2v) is 6.21. The van der Waals surface area contributed by atoms with E-state index in [4.69, 9.17) is 4.98 Å². The minimum Gasteiger partial charge on any atom is -0.313 e. The highest BCUT2D eigenvalue weighted by Gasteiger charge is 2.10. The Morgan fingerprint density at radius 3 is 2.55 bits per heavy atom. The molecule has 0 fully saturated rings. The van der Waals surface area contributed by atoms with E-state index in [1.807, 2.05) is 0 Å². The number of nitrogens with zero attached hydrogens (tertiary/aromatic N) is 4. The second kappa shape index (κ2) is 6.46. The number of benzene rings is 1. The molecule has 0 amide bonds. The van der Waals surface area contributed by atoms with Gasteiger partial charge in [0.25, 0.3) is 0 Å². The summed E-state index contributed by atoms with van der Waals surface area (Å²) in [5, 5.41) is 0. The maximum atomic E-state index is 4.89. The van der Waals surface area contributed by atoms with Crippen molar-refractivity contribution in [3.8, 4) is 0 Å². The van der Waals surface area contributed by atoms with Gasteiger partial charge in [-0.05, 0) is 64.9 Å². The smallest absolute Gasteiger partial charge is 0.0874 e. The average molecular weight is 296 g/mol. The van der Waals surface area contributed by atoms with Crippen LogP contribution in [-0.2, 0) is 6.54 Å². The van der Waals surface area contributed by atoms with Gasteiger partial charge >= 0.3 is 0 Å². The fourth-order valence-electron chi connectivity index (χ4n) is 2.90. The molecule has 0 unspecified atom stereocenters. The fraction of sp³-hybridized carbons (Fsp3) is 0.389. The first-order valence-electron chi connectivity index (χ1n) is 7.83. The van der Waals surface area contributed by atoms with E-state index in [-0.39, 0.29) is 0 Å². The molecule has 0 atom stereocenters. The SMILES string of the molecule is CN(C)CCCN(C)Cc1nc2ccccc2n2cccc12. The Labute approximate surface area is 132 Å². The lowest BCUT2D eigenvalue weighted by molar-refractivity contribution is 0.293. The molecule has 4 heteroatoms. The lowest BCUT2D eigenvalue weighted by atomic mass is 10.2. The van der Waals surface area contributed by atoms with Crippen LogP contribution in [-0.4, -0.2) is 53.4 Å². The van der Waals surface area contributed by atoms with E-state index in [1.54, 1.807) is 0 Å².